The molecule has 250 valence electrons. The van der Waals surface area contributed by atoms with Crippen molar-refractivity contribution in [2.45, 2.75) is 164 Å². The number of esters is 2. The second kappa shape index (κ2) is 11.6. The van der Waals surface area contributed by atoms with Gasteiger partial charge in [0.25, 0.3) is 0 Å². The molecule has 0 amide bonds. The van der Waals surface area contributed by atoms with E-state index in [0.29, 0.717) is 47.8 Å². The van der Waals surface area contributed by atoms with Gasteiger partial charge in [-0.3, -0.25) is 9.59 Å². The Labute approximate surface area is 268 Å². The van der Waals surface area contributed by atoms with Crippen molar-refractivity contribution in [2.24, 2.45) is 69.0 Å². The molecule has 5 heteroatoms. The van der Waals surface area contributed by atoms with Crippen molar-refractivity contribution >= 4 is 11.9 Å². The molecule has 2 bridgehead atoms. The molecule has 5 nitrogen and oxygen atoms in total. The van der Waals surface area contributed by atoms with E-state index < -0.39 is 0 Å². The van der Waals surface area contributed by atoms with Gasteiger partial charge in [-0.1, -0.05) is 55.4 Å². The Kier molecular flexibility index (Phi) is 8.62. The smallest absolute Gasteiger partial charge is 0.308 e. The Morgan fingerprint density at radius 1 is 0.818 bits per heavy atom. The number of carbonyl (C=O) groups is 2. The van der Waals surface area contributed by atoms with Crippen molar-refractivity contribution in [3.8, 4) is 0 Å². The van der Waals surface area contributed by atoms with Crippen molar-refractivity contribution in [3.63, 3.8) is 0 Å². The lowest BCUT2D eigenvalue weighted by Crippen LogP contribution is -2.58. The van der Waals surface area contributed by atoms with Crippen LogP contribution in [0, 0.1) is 69.0 Å². The van der Waals surface area contributed by atoms with Gasteiger partial charge in [0.2, 0.25) is 0 Å². The van der Waals surface area contributed by atoms with Crippen LogP contribution in [0.5, 0.6) is 0 Å². The molecule has 14 atom stereocenters. The van der Waals surface area contributed by atoms with Crippen LogP contribution >= 0.6 is 0 Å². The van der Waals surface area contributed by atoms with Gasteiger partial charge in [-0.25, -0.2) is 0 Å². The standard InChI is InChI=1S/C39H64O5/c1-9-23(2)35(42)43-27-15-17-37(6)26(20-27)21-31(40)34-29-12-11-28(38(29,7)18-16-30(34)37)24(3)10-13-33(41)44-32-22-25-14-19-39(32,8)36(25,4)5/h23-32,34,40H,9-22H2,1-8H3/t23?,24?,25?,26?,27-,28?,29?,30?,31+,32?,34?,37-,38+,39?/m0/s1. The first-order valence-corrected chi connectivity index (χ1v) is 18.7. The van der Waals surface area contributed by atoms with Gasteiger partial charge in [0, 0.05) is 11.8 Å². The van der Waals surface area contributed by atoms with Gasteiger partial charge < -0.3 is 14.6 Å². The summed E-state index contributed by atoms with van der Waals surface area (Å²) in [5, 5.41) is 11.8. The van der Waals surface area contributed by atoms with E-state index in [1.54, 1.807) is 0 Å². The number of hydrogen-bond donors (Lipinski definition) is 1. The topological polar surface area (TPSA) is 72.8 Å². The molecule has 0 aliphatic heterocycles. The van der Waals surface area contributed by atoms with E-state index in [0.717, 1.165) is 44.9 Å². The third-order valence-corrected chi connectivity index (χ3v) is 16.5. The molecule has 0 heterocycles. The van der Waals surface area contributed by atoms with Crippen LogP contribution in [0.4, 0.5) is 0 Å². The first-order valence-electron chi connectivity index (χ1n) is 18.7. The summed E-state index contributed by atoms with van der Waals surface area (Å²) >= 11 is 0. The molecule has 6 saturated carbocycles. The van der Waals surface area contributed by atoms with Crippen LogP contribution in [0.15, 0.2) is 0 Å². The zero-order valence-electron chi connectivity index (χ0n) is 29.3. The second-order valence-electron chi connectivity index (χ2n) is 18.3. The quantitative estimate of drug-likeness (QED) is 0.278. The normalized spacial score (nSPS) is 48.5. The maximum Gasteiger partial charge on any atom is 0.308 e. The molecule has 6 aliphatic carbocycles. The Morgan fingerprint density at radius 3 is 2.18 bits per heavy atom. The lowest BCUT2D eigenvalue weighted by Gasteiger charge is -2.62. The molecular formula is C39H64O5. The van der Waals surface area contributed by atoms with Gasteiger partial charge in [0.1, 0.15) is 12.2 Å². The Morgan fingerprint density at radius 2 is 1.52 bits per heavy atom. The zero-order chi connectivity index (χ0) is 31.8. The van der Waals surface area contributed by atoms with Crippen LogP contribution in [0.3, 0.4) is 0 Å². The van der Waals surface area contributed by atoms with Crippen molar-refractivity contribution in [3.05, 3.63) is 0 Å². The van der Waals surface area contributed by atoms with E-state index in [2.05, 4.69) is 41.5 Å². The number of rotatable bonds is 8. The summed E-state index contributed by atoms with van der Waals surface area (Å²) in [6, 6.07) is 0. The third kappa shape index (κ3) is 5.02. The largest absolute Gasteiger partial charge is 0.462 e. The molecule has 0 aromatic heterocycles. The van der Waals surface area contributed by atoms with E-state index in [9.17, 15) is 14.7 Å². The molecule has 6 rings (SSSR count). The molecule has 0 aromatic carbocycles. The fourth-order valence-electron chi connectivity index (χ4n) is 12.8. The summed E-state index contributed by atoms with van der Waals surface area (Å²) in [4.78, 5) is 25.7. The summed E-state index contributed by atoms with van der Waals surface area (Å²) in [7, 11) is 0. The van der Waals surface area contributed by atoms with E-state index in [-0.39, 0.29) is 57.8 Å². The van der Waals surface area contributed by atoms with Crippen LogP contribution in [0.1, 0.15) is 145 Å². The molecule has 10 unspecified atom stereocenters. The number of fused-ring (bicyclic) bond motifs is 7. The Hall–Kier alpha value is -1.10. The van der Waals surface area contributed by atoms with Crippen LogP contribution < -0.4 is 0 Å². The average molecular weight is 613 g/mol. The first kappa shape index (κ1) is 32.8. The highest BCUT2D eigenvalue weighted by Crippen LogP contribution is 2.69. The summed E-state index contributed by atoms with van der Waals surface area (Å²) in [5.74, 6) is 3.62. The first-order chi connectivity index (χ1) is 20.7. The van der Waals surface area contributed by atoms with Gasteiger partial charge in [0.15, 0.2) is 0 Å². The van der Waals surface area contributed by atoms with Gasteiger partial charge in [0.05, 0.1) is 12.0 Å². The predicted octanol–water partition coefficient (Wildman–Crippen LogP) is 8.75. The van der Waals surface area contributed by atoms with Crippen molar-refractivity contribution in [2.75, 3.05) is 0 Å². The molecule has 0 spiro atoms. The number of ether oxygens (including phenoxy) is 2. The summed E-state index contributed by atoms with van der Waals surface area (Å²) in [6.07, 6.45) is 14.3. The fraction of sp³-hybridized carbons (Fsp3) is 0.949. The Balaban J connectivity index is 1.06. The van der Waals surface area contributed by atoms with Gasteiger partial charge >= 0.3 is 11.9 Å². The summed E-state index contributed by atoms with van der Waals surface area (Å²) in [5.41, 5.74) is 0.845. The number of aliphatic hydroxyl groups is 1. The minimum Gasteiger partial charge on any atom is -0.462 e. The summed E-state index contributed by atoms with van der Waals surface area (Å²) < 4.78 is 12.2. The molecule has 1 N–H and O–H groups in total. The molecular weight excluding hydrogens is 548 g/mol. The van der Waals surface area contributed by atoms with E-state index in [1.165, 1.54) is 38.5 Å². The SMILES string of the molecule is CCC(C)C(=O)O[C@H]1CC[C@@]2(C)C(C1)C[C@@H](O)C1C3CCC(C(C)CCC(=O)OC4CC5CCC4(C)C5(C)C)[C@@]3(C)CCC12. The third-order valence-electron chi connectivity index (χ3n) is 16.5. The van der Waals surface area contributed by atoms with Crippen molar-refractivity contribution in [1.82, 2.24) is 0 Å². The van der Waals surface area contributed by atoms with Gasteiger partial charge in [-0.15, -0.1) is 0 Å². The average Bonchev–Trinajstić information content (AvgIpc) is 3.51. The highest BCUT2D eigenvalue weighted by Gasteiger charge is 2.64. The molecule has 0 saturated heterocycles. The van der Waals surface area contributed by atoms with Crippen LogP contribution in [0.2, 0.25) is 0 Å². The van der Waals surface area contributed by atoms with E-state index in [4.69, 9.17) is 9.47 Å². The lowest BCUT2D eigenvalue weighted by atomic mass is 9.43. The maximum atomic E-state index is 13.2. The minimum absolute atomic E-state index is 0.00810. The Bertz CT molecular complexity index is 1100. The zero-order valence-corrected chi connectivity index (χ0v) is 29.3. The lowest BCUT2D eigenvalue weighted by molar-refractivity contribution is -0.184. The van der Waals surface area contributed by atoms with Gasteiger partial charge in [-0.05, 0) is 141 Å². The van der Waals surface area contributed by atoms with Gasteiger partial charge in [-0.2, -0.15) is 0 Å². The molecule has 0 aromatic rings. The second-order valence-corrected chi connectivity index (χ2v) is 18.3. The summed E-state index contributed by atoms with van der Waals surface area (Å²) in [6.45, 7) is 18.6. The van der Waals surface area contributed by atoms with Crippen LogP contribution in [-0.4, -0.2) is 35.4 Å². The fourth-order valence-corrected chi connectivity index (χ4v) is 12.8. The van der Waals surface area contributed by atoms with Crippen LogP contribution in [0.25, 0.3) is 0 Å². The minimum atomic E-state index is -0.261. The van der Waals surface area contributed by atoms with Crippen molar-refractivity contribution in [1.29, 1.82) is 0 Å². The highest BCUT2D eigenvalue weighted by atomic mass is 16.5. The molecule has 44 heavy (non-hydrogen) atoms. The number of hydrogen-bond acceptors (Lipinski definition) is 5. The maximum absolute atomic E-state index is 13.2. The molecule has 0 radical (unpaired) electrons. The van der Waals surface area contributed by atoms with E-state index >= 15 is 0 Å². The monoisotopic (exact) mass is 612 g/mol. The molecule has 6 aliphatic rings. The van der Waals surface area contributed by atoms with Crippen LogP contribution in [-0.2, 0) is 19.1 Å². The predicted molar refractivity (Wildman–Crippen MR) is 173 cm³/mol. The van der Waals surface area contributed by atoms with E-state index in [1.807, 2.05) is 13.8 Å². The molecule has 6 fully saturated rings. The number of carbonyl (C=O) groups excluding carboxylic acids is 2. The number of aliphatic hydroxyl groups excluding tert-OH is 1. The van der Waals surface area contributed by atoms with Crippen molar-refractivity contribution < 1.29 is 24.2 Å². The highest BCUT2D eigenvalue weighted by molar-refractivity contribution is 5.72.